The van der Waals surface area contributed by atoms with Crippen LogP contribution in [-0.4, -0.2) is 41.3 Å². The van der Waals surface area contributed by atoms with Crippen molar-refractivity contribution in [2.75, 3.05) is 13.2 Å². The SMILES string of the molecule is Cc1ccc(CN2CCO[C@H]3[C@H](Oc4cccnc4)CC[C@@H]32)o1. The molecule has 0 amide bonds. The molecule has 1 aliphatic heterocycles. The minimum Gasteiger partial charge on any atom is -0.486 e. The first-order valence-electron chi connectivity index (χ1n) is 8.27. The molecule has 2 fully saturated rings. The highest BCUT2D eigenvalue weighted by Gasteiger charge is 2.44. The first kappa shape index (κ1) is 14.7. The standard InChI is InChI=1S/C18H22N2O3/c1-13-4-5-15(22-13)12-20-9-10-21-18-16(20)6-7-17(18)23-14-3-2-8-19-11-14/h2-5,8,11,16-18H,6-7,9-10,12H2,1H3/t16-,17+,18+/m0/s1. The van der Waals surface area contributed by atoms with E-state index in [4.69, 9.17) is 13.9 Å². The highest BCUT2D eigenvalue weighted by Crippen LogP contribution is 2.33. The van der Waals surface area contributed by atoms with E-state index in [0.29, 0.717) is 6.04 Å². The van der Waals surface area contributed by atoms with Crippen LogP contribution in [0.4, 0.5) is 0 Å². The Morgan fingerprint density at radius 3 is 3.04 bits per heavy atom. The van der Waals surface area contributed by atoms with Crippen molar-refractivity contribution in [3.63, 3.8) is 0 Å². The fraction of sp³-hybridized carbons (Fsp3) is 0.500. The number of aromatic nitrogens is 1. The van der Waals surface area contributed by atoms with Gasteiger partial charge < -0.3 is 13.9 Å². The number of hydrogen-bond acceptors (Lipinski definition) is 5. The molecule has 0 unspecified atom stereocenters. The fourth-order valence-electron chi connectivity index (χ4n) is 3.68. The van der Waals surface area contributed by atoms with Crippen LogP contribution < -0.4 is 4.74 Å². The highest BCUT2D eigenvalue weighted by atomic mass is 16.5. The number of aryl methyl sites for hydroxylation is 1. The summed E-state index contributed by atoms with van der Waals surface area (Å²) in [5, 5.41) is 0. The first-order valence-corrected chi connectivity index (χ1v) is 8.27. The van der Waals surface area contributed by atoms with Gasteiger partial charge in [0.25, 0.3) is 0 Å². The van der Waals surface area contributed by atoms with Crippen LogP contribution in [0.3, 0.4) is 0 Å². The van der Waals surface area contributed by atoms with Crippen molar-refractivity contribution in [2.45, 2.75) is 44.6 Å². The summed E-state index contributed by atoms with van der Waals surface area (Å²) in [5.41, 5.74) is 0. The summed E-state index contributed by atoms with van der Waals surface area (Å²) in [6, 6.07) is 8.34. The van der Waals surface area contributed by atoms with Crippen molar-refractivity contribution in [1.82, 2.24) is 9.88 Å². The van der Waals surface area contributed by atoms with Crippen molar-refractivity contribution >= 4 is 0 Å². The fourth-order valence-corrected chi connectivity index (χ4v) is 3.68. The number of morpholine rings is 1. The van der Waals surface area contributed by atoms with Gasteiger partial charge in [-0.3, -0.25) is 9.88 Å². The molecule has 122 valence electrons. The molecule has 1 saturated heterocycles. The van der Waals surface area contributed by atoms with Gasteiger partial charge in [-0.05, 0) is 44.0 Å². The second-order valence-electron chi connectivity index (χ2n) is 6.31. The molecule has 2 aromatic rings. The van der Waals surface area contributed by atoms with Gasteiger partial charge in [-0.2, -0.15) is 0 Å². The van der Waals surface area contributed by atoms with E-state index in [0.717, 1.165) is 49.8 Å². The zero-order chi connectivity index (χ0) is 15.6. The molecule has 2 aliphatic rings. The molecule has 3 atom stereocenters. The summed E-state index contributed by atoms with van der Waals surface area (Å²) in [7, 11) is 0. The Bertz CT molecular complexity index is 643. The Balaban J connectivity index is 1.43. The number of nitrogens with zero attached hydrogens (tertiary/aromatic N) is 2. The molecule has 5 heteroatoms. The summed E-state index contributed by atoms with van der Waals surface area (Å²) >= 11 is 0. The van der Waals surface area contributed by atoms with E-state index in [1.54, 1.807) is 12.4 Å². The van der Waals surface area contributed by atoms with Crippen molar-refractivity contribution in [2.24, 2.45) is 0 Å². The first-order chi connectivity index (χ1) is 11.3. The van der Waals surface area contributed by atoms with Gasteiger partial charge in [-0.15, -0.1) is 0 Å². The van der Waals surface area contributed by atoms with Crippen LogP contribution in [-0.2, 0) is 11.3 Å². The van der Waals surface area contributed by atoms with Gasteiger partial charge in [0.05, 0.1) is 19.3 Å². The molecule has 0 bridgehead atoms. The predicted octanol–water partition coefficient (Wildman–Crippen LogP) is 2.79. The maximum Gasteiger partial charge on any atom is 0.138 e. The van der Waals surface area contributed by atoms with Gasteiger partial charge in [0.15, 0.2) is 0 Å². The lowest BCUT2D eigenvalue weighted by molar-refractivity contribution is -0.0929. The molecule has 2 aromatic heterocycles. The molecule has 1 saturated carbocycles. The molecule has 0 radical (unpaired) electrons. The van der Waals surface area contributed by atoms with Crippen LogP contribution >= 0.6 is 0 Å². The summed E-state index contributed by atoms with van der Waals surface area (Å²) in [5.74, 6) is 2.81. The molecule has 4 rings (SSSR count). The molecule has 3 heterocycles. The van der Waals surface area contributed by atoms with Crippen LogP contribution in [0.15, 0.2) is 41.1 Å². The Kier molecular flexibility index (Phi) is 4.06. The van der Waals surface area contributed by atoms with Crippen molar-refractivity contribution < 1.29 is 13.9 Å². The average Bonchev–Trinajstić information content (AvgIpc) is 3.16. The minimum absolute atomic E-state index is 0.102. The van der Waals surface area contributed by atoms with Crippen molar-refractivity contribution in [3.8, 4) is 5.75 Å². The molecule has 0 N–H and O–H groups in total. The number of pyridine rings is 1. The van der Waals surface area contributed by atoms with E-state index in [2.05, 4.69) is 16.0 Å². The maximum absolute atomic E-state index is 6.11. The van der Waals surface area contributed by atoms with E-state index in [1.807, 2.05) is 25.1 Å². The molecule has 23 heavy (non-hydrogen) atoms. The van der Waals surface area contributed by atoms with Crippen LogP contribution in [0.25, 0.3) is 0 Å². The third kappa shape index (κ3) is 3.12. The van der Waals surface area contributed by atoms with Gasteiger partial charge in [0.2, 0.25) is 0 Å². The van der Waals surface area contributed by atoms with Crippen LogP contribution in [0.1, 0.15) is 24.4 Å². The number of fused-ring (bicyclic) bond motifs is 1. The van der Waals surface area contributed by atoms with Gasteiger partial charge in [-0.25, -0.2) is 0 Å². The van der Waals surface area contributed by atoms with Crippen LogP contribution in [0, 0.1) is 6.92 Å². The Hall–Kier alpha value is -1.85. The van der Waals surface area contributed by atoms with E-state index in [9.17, 15) is 0 Å². The third-order valence-electron chi connectivity index (χ3n) is 4.73. The van der Waals surface area contributed by atoms with Crippen molar-refractivity contribution in [3.05, 3.63) is 48.2 Å². The van der Waals surface area contributed by atoms with Gasteiger partial charge in [-0.1, -0.05) is 0 Å². The molecular formula is C18H22N2O3. The maximum atomic E-state index is 6.11. The Morgan fingerprint density at radius 1 is 1.30 bits per heavy atom. The molecule has 1 aliphatic carbocycles. The lowest BCUT2D eigenvalue weighted by atomic mass is 10.1. The summed E-state index contributed by atoms with van der Waals surface area (Å²) in [6.07, 6.45) is 5.85. The zero-order valence-corrected chi connectivity index (χ0v) is 13.4. The quantitative estimate of drug-likeness (QED) is 0.868. The van der Waals surface area contributed by atoms with E-state index in [-0.39, 0.29) is 12.2 Å². The average molecular weight is 314 g/mol. The molecular weight excluding hydrogens is 292 g/mol. The topological polar surface area (TPSA) is 47.7 Å². The molecule has 0 spiro atoms. The Morgan fingerprint density at radius 2 is 2.26 bits per heavy atom. The van der Waals surface area contributed by atoms with E-state index < -0.39 is 0 Å². The van der Waals surface area contributed by atoms with Gasteiger partial charge in [0.1, 0.15) is 29.5 Å². The second kappa shape index (κ2) is 6.34. The Labute approximate surface area is 136 Å². The van der Waals surface area contributed by atoms with E-state index >= 15 is 0 Å². The van der Waals surface area contributed by atoms with Crippen LogP contribution in [0.2, 0.25) is 0 Å². The largest absolute Gasteiger partial charge is 0.486 e. The number of hydrogen-bond donors (Lipinski definition) is 0. The summed E-state index contributed by atoms with van der Waals surface area (Å²) < 4.78 is 17.9. The van der Waals surface area contributed by atoms with E-state index in [1.165, 1.54) is 0 Å². The number of ether oxygens (including phenoxy) is 2. The summed E-state index contributed by atoms with van der Waals surface area (Å²) in [4.78, 5) is 6.59. The minimum atomic E-state index is 0.102. The predicted molar refractivity (Wildman–Crippen MR) is 85.3 cm³/mol. The van der Waals surface area contributed by atoms with Crippen LogP contribution in [0.5, 0.6) is 5.75 Å². The lowest BCUT2D eigenvalue weighted by Gasteiger charge is -2.38. The normalized spacial score (nSPS) is 27.8. The molecule has 0 aromatic carbocycles. The zero-order valence-electron chi connectivity index (χ0n) is 13.4. The third-order valence-corrected chi connectivity index (χ3v) is 4.73. The van der Waals surface area contributed by atoms with Gasteiger partial charge >= 0.3 is 0 Å². The smallest absolute Gasteiger partial charge is 0.138 e. The number of rotatable bonds is 4. The highest BCUT2D eigenvalue weighted by molar-refractivity contribution is 5.17. The molecule has 5 nitrogen and oxygen atoms in total. The monoisotopic (exact) mass is 314 g/mol. The summed E-state index contributed by atoms with van der Waals surface area (Å²) in [6.45, 7) is 4.52. The van der Waals surface area contributed by atoms with Crippen molar-refractivity contribution in [1.29, 1.82) is 0 Å². The number of furan rings is 1. The van der Waals surface area contributed by atoms with Gasteiger partial charge in [0, 0.05) is 18.8 Å². The lowest BCUT2D eigenvalue weighted by Crippen LogP contribution is -2.51. The second-order valence-corrected chi connectivity index (χ2v) is 6.31.